The number of carbonyl (C=O) groups is 1. The number of amides is 1. The van der Waals surface area contributed by atoms with Gasteiger partial charge in [0.25, 0.3) is 0 Å². The van der Waals surface area contributed by atoms with Crippen molar-refractivity contribution in [3.63, 3.8) is 0 Å². The van der Waals surface area contributed by atoms with Crippen molar-refractivity contribution in [1.29, 1.82) is 0 Å². The van der Waals surface area contributed by atoms with Crippen LogP contribution in [0.3, 0.4) is 0 Å². The summed E-state index contributed by atoms with van der Waals surface area (Å²) in [5, 5.41) is 14.5. The van der Waals surface area contributed by atoms with Gasteiger partial charge >= 0.3 is 0 Å². The molecule has 1 aromatic heterocycles. The molecule has 1 atom stereocenters. The van der Waals surface area contributed by atoms with Crippen LogP contribution in [0.4, 0.5) is 0 Å². The molecule has 2 N–H and O–H groups in total. The van der Waals surface area contributed by atoms with Crippen LogP contribution >= 0.6 is 0 Å². The Morgan fingerprint density at radius 2 is 2.36 bits per heavy atom. The van der Waals surface area contributed by atoms with Crippen LogP contribution in [0, 0.1) is 5.92 Å². The van der Waals surface area contributed by atoms with Crippen molar-refractivity contribution in [2.75, 3.05) is 19.7 Å². The molecule has 22 heavy (non-hydrogen) atoms. The predicted molar refractivity (Wildman–Crippen MR) is 80.6 cm³/mol. The molecule has 0 spiro atoms. The minimum atomic E-state index is -0.244. The lowest BCUT2D eigenvalue weighted by atomic mass is 9.76. The Morgan fingerprint density at radius 3 is 3.00 bits per heavy atom. The van der Waals surface area contributed by atoms with Crippen molar-refractivity contribution in [1.82, 2.24) is 15.4 Å². The van der Waals surface area contributed by atoms with E-state index in [0.29, 0.717) is 13.0 Å². The summed E-state index contributed by atoms with van der Waals surface area (Å²) in [7, 11) is 0. The average Bonchev–Trinajstić information content (AvgIpc) is 3.02. The van der Waals surface area contributed by atoms with Gasteiger partial charge < -0.3 is 10.4 Å². The topological polar surface area (TPSA) is 74.7 Å². The standard InChI is InChI=1S/C16H23N3O3/c20-13-10-12(11-13)16(14-4-1-2-6-17-14)18-15(21)5-8-19-7-3-9-22-19/h1-2,4,6,12-13,16,20H,3,5,7-11H2,(H,18,21)/t12?,13?,16-/m1/s1. The van der Waals surface area contributed by atoms with E-state index in [4.69, 9.17) is 4.84 Å². The fourth-order valence-corrected chi connectivity index (χ4v) is 3.04. The van der Waals surface area contributed by atoms with Crippen LogP contribution in [0.25, 0.3) is 0 Å². The summed E-state index contributed by atoms with van der Waals surface area (Å²) < 4.78 is 0. The summed E-state index contributed by atoms with van der Waals surface area (Å²) in [6, 6.07) is 5.60. The van der Waals surface area contributed by atoms with Crippen molar-refractivity contribution in [3.05, 3.63) is 30.1 Å². The molecule has 1 saturated carbocycles. The fourth-order valence-electron chi connectivity index (χ4n) is 3.04. The number of aromatic nitrogens is 1. The summed E-state index contributed by atoms with van der Waals surface area (Å²) in [4.78, 5) is 22.0. The van der Waals surface area contributed by atoms with Gasteiger partial charge in [0.2, 0.25) is 5.91 Å². The van der Waals surface area contributed by atoms with Gasteiger partial charge in [-0.2, -0.15) is 5.06 Å². The van der Waals surface area contributed by atoms with Crippen molar-refractivity contribution in [3.8, 4) is 0 Å². The van der Waals surface area contributed by atoms with E-state index in [2.05, 4.69) is 10.3 Å². The molecule has 6 heteroatoms. The van der Waals surface area contributed by atoms with Crippen LogP contribution in [0.15, 0.2) is 24.4 Å². The highest BCUT2D eigenvalue weighted by Crippen LogP contribution is 2.37. The molecule has 0 aromatic carbocycles. The highest BCUT2D eigenvalue weighted by Gasteiger charge is 2.36. The number of hydrogen-bond acceptors (Lipinski definition) is 5. The quantitative estimate of drug-likeness (QED) is 0.821. The maximum Gasteiger partial charge on any atom is 0.221 e. The van der Waals surface area contributed by atoms with E-state index in [1.165, 1.54) is 0 Å². The summed E-state index contributed by atoms with van der Waals surface area (Å²) in [5.41, 5.74) is 0.866. The predicted octanol–water partition coefficient (Wildman–Crippen LogP) is 1.04. The molecule has 1 aliphatic heterocycles. The Labute approximate surface area is 130 Å². The van der Waals surface area contributed by atoms with Crippen LogP contribution < -0.4 is 5.32 Å². The Morgan fingerprint density at radius 1 is 1.50 bits per heavy atom. The molecule has 0 unspecified atom stereocenters. The molecule has 1 aliphatic carbocycles. The van der Waals surface area contributed by atoms with E-state index in [0.717, 1.165) is 38.1 Å². The lowest BCUT2D eigenvalue weighted by Gasteiger charge is -2.37. The van der Waals surface area contributed by atoms with E-state index in [-0.39, 0.29) is 24.0 Å². The molecular formula is C16H23N3O3. The number of pyridine rings is 1. The third-order valence-electron chi connectivity index (χ3n) is 4.36. The van der Waals surface area contributed by atoms with Gasteiger partial charge in [-0.1, -0.05) is 6.07 Å². The zero-order valence-corrected chi connectivity index (χ0v) is 12.6. The van der Waals surface area contributed by atoms with Gasteiger partial charge in [0.15, 0.2) is 0 Å². The molecule has 1 amide bonds. The number of carbonyl (C=O) groups excluding carboxylic acids is 1. The Hall–Kier alpha value is -1.50. The molecule has 2 heterocycles. The maximum absolute atomic E-state index is 12.2. The Balaban J connectivity index is 1.56. The molecule has 0 radical (unpaired) electrons. The highest BCUT2D eigenvalue weighted by molar-refractivity contribution is 5.76. The molecule has 2 aliphatic rings. The molecule has 120 valence electrons. The third kappa shape index (κ3) is 3.82. The zero-order chi connectivity index (χ0) is 15.4. The van der Waals surface area contributed by atoms with Crippen molar-refractivity contribution >= 4 is 5.91 Å². The number of nitrogens with zero attached hydrogens (tertiary/aromatic N) is 2. The maximum atomic E-state index is 12.2. The van der Waals surface area contributed by atoms with Gasteiger partial charge in [-0.15, -0.1) is 0 Å². The first-order valence-electron chi connectivity index (χ1n) is 7.98. The van der Waals surface area contributed by atoms with Gasteiger partial charge in [0, 0.05) is 25.7 Å². The zero-order valence-electron chi connectivity index (χ0n) is 12.6. The first kappa shape index (κ1) is 15.4. The van der Waals surface area contributed by atoms with E-state index in [1.54, 1.807) is 6.20 Å². The smallest absolute Gasteiger partial charge is 0.221 e. The van der Waals surface area contributed by atoms with Gasteiger partial charge in [-0.05, 0) is 37.3 Å². The summed E-state index contributed by atoms with van der Waals surface area (Å²) in [6.45, 7) is 2.26. The van der Waals surface area contributed by atoms with Gasteiger partial charge in [0.05, 0.1) is 24.4 Å². The van der Waals surface area contributed by atoms with Crippen LogP contribution in [-0.4, -0.2) is 46.9 Å². The first-order valence-corrected chi connectivity index (χ1v) is 7.98. The lowest BCUT2D eigenvalue weighted by molar-refractivity contribution is -0.131. The SMILES string of the molecule is O=C(CCN1CCCO1)N[C@@H](c1ccccn1)C1CC(O)C1. The summed E-state index contributed by atoms with van der Waals surface area (Å²) in [6.07, 6.45) is 4.37. The minimum Gasteiger partial charge on any atom is -0.393 e. The normalized spacial score (nSPS) is 26.4. The number of aliphatic hydroxyl groups is 1. The molecule has 2 fully saturated rings. The van der Waals surface area contributed by atoms with E-state index in [1.807, 2.05) is 23.3 Å². The van der Waals surface area contributed by atoms with Crippen LogP contribution in [0.2, 0.25) is 0 Å². The summed E-state index contributed by atoms with van der Waals surface area (Å²) in [5.74, 6) is 0.268. The Kier molecular flexibility index (Phi) is 5.02. The van der Waals surface area contributed by atoms with Crippen LogP contribution in [-0.2, 0) is 9.63 Å². The minimum absolute atomic E-state index is 0.00698. The fraction of sp³-hybridized carbons (Fsp3) is 0.625. The third-order valence-corrected chi connectivity index (χ3v) is 4.36. The van der Waals surface area contributed by atoms with Crippen molar-refractivity contribution in [2.45, 2.75) is 37.8 Å². The largest absolute Gasteiger partial charge is 0.393 e. The molecule has 3 rings (SSSR count). The number of rotatable bonds is 6. The molecule has 6 nitrogen and oxygen atoms in total. The van der Waals surface area contributed by atoms with Crippen LogP contribution in [0.1, 0.15) is 37.4 Å². The molecule has 1 saturated heterocycles. The number of aliphatic hydroxyl groups excluding tert-OH is 1. The highest BCUT2D eigenvalue weighted by atomic mass is 16.7. The second-order valence-electron chi connectivity index (χ2n) is 6.05. The molecule has 1 aromatic rings. The summed E-state index contributed by atoms with van der Waals surface area (Å²) >= 11 is 0. The van der Waals surface area contributed by atoms with E-state index in [9.17, 15) is 9.90 Å². The van der Waals surface area contributed by atoms with Gasteiger partial charge in [-0.25, -0.2) is 0 Å². The van der Waals surface area contributed by atoms with Crippen molar-refractivity contribution in [2.24, 2.45) is 5.92 Å². The lowest BCUT2D eigenvalue weighted by Crippen LogP contribution is -2.42. The van der Waals surface area contributed by atoms with Gasteiger partial charge in [0.1, 0.15) is 0 Å². The first-order chi connectivity index (χ1) is 10.7. The van der Waals surface area contributed by atoms with Gasteiger partial charge in [-0.3, -0.25) is 14.6 Å². The van der Waals surface area contributed by atoms with E-state index < -0.39 is 0 Å². The Bertz CT molecular complexity index is 485. The second kappa shape index (κ2) is 7.17. The van der Waals surface area contributed by atoms with Crippen LogP contribution in [0.5, 0.6) is 0 Å². The molecule has 0 bridgehead atoms. The number of nitrogens with one attached hydrogen (secondary N) is 1. The number of hydroxylamine groups is 2. The van der Waals surface area contributed by atoms with Crippen molar-refractivity contribution < 1.29 is 14.7 Å². The number of hydrogen-bond donors (Lipinski definition) is 2. The molecular weight excluding hydrogens is 282 g/mol. The monoisotopic (exact) mass is 305 g/mol. The second-order valence-corrected chi connectivity index (χ2v) is 6.05. The van der Waals surface area contributed by atoms with E-state index >= 15 is 0 Å². The average molecular weight is 305 g/mol.